The largest absolute Gasteiger partial charge is 0.285 e. The third-order valence-electron chi connectivity index (χ3n) is 0. The van der Waals surface area contributed by atoms with Crippen LogP contribution in [0.2, 0.25) is 0 Å². The van der Waals surface area contributed by atoms with Crippen LogP contribution in [0.4, 0.5) is 0 Å². The smallest absolute Gasteiger partial charge is 0 e. The fourth-order valence-corrected chi connectivity index (χ4v) is 0. The molecule has 2 atom stereocenters. The van der Waals surface area contributed by atoms with E-state index in [1.165, 1.54) is 0 Å². The summed E-state index contributed by atoms with van der Waals surface area (Å²) in [5.41, 5.74) is 0. The van der Waals surface area contributed by atoms with Gasteiger partial charge >= 0.3 is 0 Å². The summed E-state index contributed by atoms with van der Waals surface area (Å²) in [6, 6.07) is 0. The Labute approximate surface area is 33.0 Å². The molecule has 23 valence electrons. The maximum Gasteiger partial charge on any atom is 0 e. The molecular formula is H5BNP2. The molecule has 0 aliphatic heterocycles. The van der Waals surface area contributed by atoms with Gasteiger partial charge in [0.1, 0.15) is 0 Å². The van der Waals surface area contributed by atoms with Crippen LogP contribution >= 0.6 is 18.8 Å². The predicted octanol–water partition coefficient (Wildman–Crippen LogP) is -0.225. The lowest BCUT2D eigenvalue weighted by Gasteiger charge is -1.59. The molecule has 0 aromatic heterocycles. The molecule has 0 aromatic carbocycles. The molecule has 0 saturated carbocycles. The number of rotatable bonds is 0. The zero-order valence-electron chi connectivity index (χ0n) is 2.23. The maximum atomic E-state index is 2.58. The van der Waals surface area contributed by atoms with Gasteiger partial charge in [0.05, 0.1) is 0 Å². The number of nitrogens with one attached hydrogen (secondary N) is 1. The first-order valence-corrected chi connectivity index (χ1v) is 1.73. The van der Waals surface area contributed by atoms with Crippen molar-refractivity contribution in [2.75, 3.05) is 0 Å². The van der Waals surface area contributed by atoms with Crippen LogP contribution in [0.3, 0.4) is 0 Å². The van der Waals surface area contributed by atoms with E-state index < -0.39 is 0 Å². The predicted molar refractivity (Wildman–Crippen MR) is 28.3 cm³/mol. The average Bonchev–Trinajstić information content (AvgIpc) is 0.918. The van der Waals surface area contributed by atoms with Gasteiger partial charge in [-0.2, -0.15) is 0 Å². The summed E-state index contributed by atoms with van der Waals surface area (Å²) in [4.78, 5) is 2.58. The first-order chi connectivity index (χ1) is 1.41. The minimum Gasteiger partial charge on any atom is -0.285 e. The Hall–Kier alpha value is 0.885. The summed E-state index contributed by atoms with van der Waals surface area (Å²) < 4.78 is 0. The highest BCUT2D eigenvalue weighted by Gasteiger charge is 1.24. The van der Waals surface area contributed by atoms with Gasteiger partial charge in [0.25, 0.3) is 0 Å². The summed E-state index contributed by atoms with van der Waals surface area (Å²) >= 11 is 0. The van der Waals surface area contributed by atoms with Crippen molar-refractivity contribution in [3.8, 4) is 0 Å². The lowest BCUT2D eigenvalue weighted by Crippen LogP contribution is -1.54. The molecule has 0 spiro atoms. The van der Waals surface area contributed by atoms with E-state index in [9.17, 15) is 0 Å². The van der Waals surface area contributed by atoms with Gasteiger partial charge in [0.2, 0.25) is 0 Å². The molecule has 1 N–H and O–H groups in total. The highest BCUT2D eigenvalue weighted by atomic mass is 31.1. The number of hydrogen-bond donors (Lipinski definition) is 1. The molecule has 0 rings (SSSR count). The Morgan fingerprint density at radius 3 is 1.25 bits per heavy atom. The summed E-state index contributed by atoms with van der Waals surface area (Å²) in [5.74, 6) is 0. The molecule has 4 heteroatoms. The van der Waals surface area contributed by atoms with Crippen molar-refractivity contribution in [1.82, 2.24) is 4.86 Å². The Balaban J connectivity index is 0. The van der Waals surface area contributed by atoms with Gasteiger partial charge in [-0.15, -0.1) is 0 Å². The lowest BCUT2D eigenvalue weighted by molar-refractivity contribution is 1.78. The van der Waals surface area contributed by atoms with E-state index in [0.29, 0.717) is 0 Å². The van der Waals surface area contributed by atoms with Crippen LogP contribution in [0.1, 0.15) is 0 Å². The van der Waals surface area contributed by atoms with Crippen LogP contribution in [0.15, 0.2) is 0 Å². The molecule has 4 heavy (non-hydrogen) atoms. The second-order valence-electron chi connectivity index (χ2n) is 0.167. The topological polar surface area (TPSA) is 12.0 Å². The van der Waals surface area contributed by atoms with Crippen molar-refractivity contribution in [3.05, 3.63) is 0 Å². The highest BCUT2D eigenvalue weighted by Crippen LogP contribution is 1.69. The van der Waals surface area contributed by atoms with Gasteiger partial charge in [0.15, 0.2) is 0 Å². The van der Waals surface area contributed by atoms with Crippen molar-refractivity contribution in [3.63, 3.8) is 0 Å². The zero-order chi connectivity index (χ0) is 2.71. The van der Waals surface area contributed by atoms with Gasteiger partial charge in [-0.3, -0.25) is 4.86 Å². The second-order valence-corrected chi connectivity index (χ2v) is 1.50. The first kappa shape index (κ1) is 8.86. The Kier molecular flexibility index (Phi) is 20.2. The molecule has 0 aliphatic rings. The summed E-state index contributed by atoms with van der Waals surface area (Å²) in [7, 11) is 4.58. The van der Waals surface area contributed by atoms with Crippen LogP contribution in [0.5, 0.6) is 0 Å². The minimum absolute atomic E-state index is 0. The maximum absolute atomic E-state index is 2.58. The molecule has 1 nitrogen and oxygen atoms in total. The van der Waals surface area contributed by atoms with E-state index in [1.807, 2.05) is 0 Å². The van der Waals surface area contributed by atoms with Crippen molar-refractivity contribution in [1.29, 1.82) is 0 Å². The van der Waals surface area contributed by atoms with Gasteiger partial charge in [-0.1, -0.05) is 18.8 Å². The third-order valence-corrected chi connectivity index (χ3v) is 0. The van der Waals surface area contributed by atoms with E-state index in [1.54, 1.807) is 0 Å². The van der Waals surface area contributed by atoms with E-state index in [-0.39, 0.29) is 8.41 Å². The van der Waals surface area contributed by atoms with Gasteiger partial charge in [-0.05, 0) is 0 Å². The van der Waals surface area contributed by atoms with Crippen LogP contribution in [0.25, 0.3) is 0 Å². The molecule has 2 unspecified atom stereocenters. The van der Waals surface area contributed by atoms with Crippen LogP contribution < -0.4 is 4.86 Å². The Morgan fingerprint density at radius 1 is 1.25 bits per heavy atom. The molecular weight excluding hydrogens is 86.8 g/mol. The van der Waals surface area contributed by atoms with E-state index in [4.69, 9.17) is 0 Å². The van der Waals surface area contributed by atoms with Crippen LogP contribution in [0, 0.1) is 0 Å². The van der Waals surface area contributed by atoms with Crippen LogP contribution in [-0.2, 0) is 0 Å². The molecule has 0 heterocycles. The van der Waals surface area contributed by atoms with Gasteiger partial charge < -0.3 is 0 Å². The normalized spacial score (nSPS) is 4.50. The monoisotopic (exact) mass is 92.0 g/mol. The average molecular weight is 91.8 g/mol. The van der Waals surface area contributed by atoms with E-state index >= 15 is 0 Å². The number of hydrogen-bond acceptors (Lipinski definition) is 1. The summed E-state index contributed by atoms with van der Waals surface area (Å²) in [6.45, 7) is 0. The quantitative estimate of drug-likeness (QED) is 0.321. The van der Waals surface area contributed by atoms with E-state index in [2.05, 4.69) is 23.6 Å². The molecule has 0 saturated heterocycles. The van der Waals surface area contributed by atoms with Crippen molar-refractivity contribution in [2.45, 2.75) is 0 Å². The van der Waals surface area contributed by atoms with Gasteiger partial charge in [-0.25, -0.2) is 0 Å². The van der Waals surface area contributed by atoms with Crippen molar-refractivity contribution < 1.29 is 0 Å². The SMILES string of the molecule is PNP.[B]. The fourth-order valence-electron chi connectivity index (χ4n) is 0. The molecule has 0 aromatic rings. The second kappa shape index (κ2) is 9.10. The fraction of sp³-hybridized carbons (Fsp3) is 0. The van der Waals surface area contributed by atoms with Crippen molar-refractivity contribution >= 4 is 27.2 Å². The minimum atomic E-state index is 0. The standard InChI is InChI=1S/B.H5NP2/c;2-1-3/h;1H,2-3H2. The van der Waals surface area contributed by atoms with Gasteiger partial charge in [0, 0.05) is 8.41 Å². The highest BCUT2D eigenvalue weighted by molar-refractivity contribution is 7.31. The third kappa shape index (κ3) is 13.1. The first-order valence-electron chi connectivity index (χ1n) is 0.577. The molecule has 0 bridgehead atoms. The van der Waals surface area contributed by atoms with Crippen molar-refractivity contribution in [2.24, 2.45) is 0 Å². The molecule has 0 aliphatic carbocycles. The Morgan fingerprint density at radius 2 is 1.25 bits per heavy atom. The molecule has 0 amide bonds. The van der Waals surface area contributed by atoms with Crippen LogP contribution in [-0.4, -0.2) is 8.41 Å². The molecule has 0 fully saturated rings. The van der Waals surface area contributed by atoms with E-state index in [0.717, 1.165) is 0 Å². The lowest BCUT2D eigenvalue weighted by atomic mass is 10.8. The summed E-state index contributed by atoms with van der Waals surface area (Å²) in [5, 5.41) is 0. The molecule has 3 radical (unpaired) electrons. The Bertz CT molecular complexity index is 6.00. The summed E-state index contributed by atoms with van der Waals surface area (Å²) in [6.07, 6.45) is 0. The zero-order valence-corrected chi connectivity index (χ0v) is 4.54.